The van der Waals surface area contributed by atoms with Gasteiger partial charge in [0.1, 0.15) is 5.75 Å². The SMILES string of the molecule is C[C@@H]1[C@@H](C)CCC[C@@H]1N1C[C@H](C(=O)N[C@@H]2CCOc3ccccc32)CC1=O. The van der Waals surface area contributed by atoms with E-state index in [0.29, 0.717) is 37.5 Å². The smallest absolute Gasteiger partial charge is 0.225 e. The number of carbonyl (C=O) groups is 2. The zero-order chi connectivity index (χ0) is 19.0. The number of hydrogen-bond donors (Lipinski definition) is 1. The predicted molar refractivity (Wildman–Crippen MR) is 103 cm³/mol. The number of para-hydroxylation sites is 1. The third kappa shape index (κ3) is 3.56. The fourth-order valence-corrected chi connectivity index (χ4v) is 5.00. The van der Waals surface area contributed by atoms with Gasteiger partial charge in [-0.3, -0.25) is 9.59 Å². The lowest BCUT2D eigenvalue weighted by Crippen LogP contribution is -2.45. The Kier molecular flexibility index (Phi) is 5.11. The van der Waals surface area contributed by atoms with E-state index < -0.39 is 0 Å². The minimum Gasteiger partial charge on any atom is -0.493 e. The van der Waals surface area contributed by atoms with Crippen molar-refractivity contribution in [1.82, 2.24) is 10.2 Å². The molecular weight excluding hydrogens is 340 g/mol. The summed E-state index contributed by atoms with van der Waals surface area (Å²) in [6.07, 6.45) is 4.60. The van der Waals surface area contributed by atoms with Crippen molar-refractivity contribution in [3.05, 3.63) is 29.8 Å². The minimum atomic E-state index is -0.239. The molecule has 1 aromatic rings. The number of fused-ring (bicyclic) bond motifs is 1. The van der Waals surface area contributed by atoms with Crippen molar-refractivity contribution < 1.29 is 14.3 Å². The molecule has 2 heterocycles. The van der Waals surface area contributed by atoms with Crippen LogP contribution in [0.5, 0.6) is 5.75 Å². The van der Waals surface area contributed by atoms with Crippen molar-refractivity contribution in [2.24, 2.45) is 17.8 Å². The van der Waals surface area contributed by atoms with Crippen LogP contribution in [0, 0.1) is 17.8 Å². The third-order valence-electron chi connectivity index (χ3n) is 6.87. The first-order valence-corrected chi connectivity index (χ1v) is 10.4. The molecule has 2 aliphatic heterocycles. The Morgan fingerprint density at radius 2 is 2.00 bits per heavy atom. The normalized spacial score (nSPS) is 33.3. The summed E-state index contributed by atoms with van der Waals surface area (Å²) in [6, 6.07) is 8.14. The van der Waals surface area contributed by atoms with E-state index in [0.717, 1.165) is 24.2 Å². The molecule has 1 aliphatic carbocycles. The highest BCUT2D eigenvalue weighted by molar-refractivity contribution is 5.89. The van der Waals surface area contributed by atoms with Crippen molar-refractivity contribution in [2.45, 2.75) is 58.0 Å². The fraction of sp³-hybridized carbons (Fsp3) is 0.636. The molecule has 27 heavy (non-hydrogen) atoms. The molecule has 1 aromatic carbocycles. The van der Waals surface area contributed by atoms with E-state index in [1.807, 2.05) is 29.2 Å². The van der Waals surface area contributed by atoms with E-state index in [-0.39, 0.29) is 23.8 Å². The number of nitrogens with one attached hydrogen (secondary N) is 1. The molecule has 0 unspecified atom stereocenters. The van der Waals surface area contributed by atoms with Gasteiger partial charge in [-0.25, -0.2) is 0 Å². The molecule has 0 aromatic heterocycles. The molecule has 4 rings (SSSR count). The van der Waals surface area contributed by atoms with Crippen LogP contribution in [-0.2, 0) is 9.59 Å². The van der Waals surface area contributed by atoms with E-state index in [4.69, 9.17) is 4.74 Å². The van der Waals surface area contributed by atoms with Gasteiger partial charge in [-0.1, -0.05) is 44.9 Å². The van der Waals surface area contributed by atoms with Crippen molar-refractivity contribution >= 4 is 11.8 Å². The third-order valence-corrected chi connectivity index (χ3v) is 6.87. The number of carbonyl (C=O) groups excluding carboxylic acids is 2. The fourth-order valence-electron chi connectivity index (χ4n) is 5.00. The predicted octanol–water partition coefficient (Wildman–Crippen LogP) is 3.30. The molecule has 0 spiro atoms. The van der Waals surface area contributed by atoms with Crippen molar-refractivity contribution in [3.63, 3.8) is 0 Å². The zero-order valence-corrected chi connectivity index (χ0v) is 16.3. The average Bonchev–Trinajstić information content (AvgIpc) is 3.06. The Bertz CT molecular complexity index is 719. The lowest BCUT2D eigenvalue weighted by atomic mass is 9.77. The van der Waals surface area contributed by atoms with Gasteiger partial charge >= 0.3 is 0 Å². The number of rotatable bonds is 3. The topological polar surface area (TPSA) is 58.6 Å². The first-order chi connectivity index (χ1) is 13.0. The monoisotopic (exact) mass is 370 g/mol. The molecule has 1 N–H and O–H groups in total. The maximum atomic E-state index is 12.9. The van der Waals surface area contributed by atoms with E-state index in [1.54, 1.807) is 0 Å². The van der Waals surface area contributed by atoms with Crippen LogP contribution in [0.1, 0.15) is 57.6 Å². The Labute approximate surface area is 161 Å². The van der Waals surface area contributed by atoms with E-state index in [9.17, 15) is 9.59 Å². The van der Waals surface area contributed by atoms with Gasteiger partial charge in [0.05, 0.1) is 18.6 Å². The molecule has 3 aliphatic rings. The van der Waals surface area contributed by atoms with Gasteiger partial charge in [0.2, 0.25) is 11.8 Å². The van der Waals surface area contributed by atoms with Crippen molar-refractivity contribution in [2.75, 3.05) is 13.2 Å². The Morgan fingerprint density at radius 3 is 2.85 bits per heavy atom. The summed E-state index contributed by atoms with van der Waals surface area (Å²) in [7, 11) is 0. The van der Waals surface area contributed by atoms with E-state index >= 15 is 0 Å². The number of nitrogens with zero attached hydrogens (tertiary/aromatic N) is 1. The Morgan fingerprint density at radius 1 is 1.19 bits per heavy atom. The molecular formula is C22H30N2O3. The van der Waals surface area contributed by atoms with Gasteiger partial charge < -0.3 is 15.0 Å². The first kappa shape index (κ1) is 18.3. The maximum Gasteiger partial charge on any atom is 0.225 e. The van der Waals surface area contributed by atoms with Gasteiger partial charge in [0.25, 0.3) is 0 Å². The molecule has 5 atom stereocenters. The van der Waals surface area contributed by atoms with Crippen LogP contribution in [0.4, 0.5) is 0 Å². The van der Waals surface area contributed by atoms with Gasteiger partial charge in [-0.05, 0) is 24.3 Å². The van der Waals surface area contributed by atoms with Crippen molar-refractivity contribution in [3.8, 4) is 5.75 Å². The van der Waals surface area contributed by atoms with Crippen LogP contribution in [-0.4, -0.2) is 35.9 Å². The van der Waals surface area contributed by atoms with Crippen LogP contribution in [0.25, 0.3) is 0 Å². The molecule has 0 bridgehead atoms. The first-order valence-electron chi connectivity index (χ1n) is 10.4. The summed E-state index contributed by atoms with van der Waals surface area (Å²) in [5.74, 6) is 1.91. The van der Waals surface area contributed by atoms with Crippen LogP contribution in [0.2, 0.25) is 0 Å². The quantitative estimate of drug-likeness (QED) is 0.888. The van der Waals surface area contributed by atoms with Crippen molar-refractivity contribution in [1.29, 1.82) is 0 Å². The van der Waals surface area contributed by atoms with Crippen LogP contribution >= 0.6 is 0 Å². The summed E-state index contributed by atoms with van der Waals surface area (Å²) in [6.45, 7) is 5.71. The minimum absolute atomic E-state index is 0.00376. The number of likely N-dealkylation sites (tertiary alicyclic amines) is 1. The van der Waals surface area contributed by atoms with Gasteiger partial charge in [-0.15, -0.1) is 0 Å². The van der Waals surface area contributed by atoms with Crippen LogP contribution in [0.15, 0.2) is 24.3 Å². The number of benzene rings is 1. The zero-order valence-electron chi connectivity index (χ0n) is 16.3. The van der Waals surface area contributed by atoms with Gasteiger partial charge in [0, 0.05) is 31.0 Å². The van der Waals surface area contributed by atoms with E-state index in [1.165, 1.54) is 12.8 Å². The Balaban J connectivity index is 1.41. The second-order valence-electron chi connectivity index (χ2n) is 8.52. The largest absolute Gasteiger partial charge is 0.493 e. The number of hydrogen-bond acceptors (Lipinski definition) is 3. The standard InChI is InChI=1S/C22H30N2O3/c1-14-6-5-8-19(15(14)2)24-13-16(12-21(24)25)22(26)23-18-10-11-27-20-9-4-3-7-17(18)20/h3-4,7,9,14-16,18-19H,5-6,8,10-13H2,1-2H3,(H,23,26)/t14-,15+,16+,18+,19-/m0/s1. The molecule has 1 saturated carbocycles. The molecule has 5 nitrogen and oxygen atoms in total. The maximum absolute atomic E-state index is 12.9. The molecule has 1 saturated heterocycles. The number of amides is 2. The van der Waals surface area contributed by atoms with Gasteiger partial charge in [-0.2, -0.15) is 0 Å². The van der Waals surface area contributed by atoms with Crippen LogP contribution in [0.3, 0.4) is 0 Å². The second kappa shape index (κ2) is 7.53. The molecule has 2 amide bonds. The summed E-state index contributed by atoms with van der Waals surface area (Å²) >= 11 is 0. The summed E-state index contributed by atoms with van der Waals surface area (Å²) in [5.41, 5.74) is 1.04. The molecule has 2 fully saturated rings. The van der Waals surface area contributed by atoms with E-state index in [2.05, 4.69) is 19.2 Å². The highest BCUT2D eigenvalue weighted by atomic mass is 16.5. The summed E-state index contributed by atoms with van der Waals surface area (Å²) < 4.78 is 5.68. The number of ether oxygens (including phenoxy) is 1. The van der Waals surface area contributed by atoms with Crippen LogP contribution < -0.4 is 10.1 Å². The van der Waals surface area contributed by atoms with Gasteiger partial charge in [0.15, 0.2) is 0 Å². The highest BCUT2D eigenvalue weighted by Gasteiger charge is 2.42. The molecule has 5 heteroatoms. The molecule has 0 radical (unpaired) electrons. The molecule has 146 valence electrons. The Hall–Kier alpha value is -2.04. The second-order valence-corrected chi connectivity index (χ2v) is 8.52. The average molecular weight is 370 g/mol. The summed E-state index contributed by atoms with van der Waals surface area (Å²) in [4.78, 5) is 27.6. The highest BCUT2D eigenvalue weighted by Crippen LogP contribution is 2.36. The lowest BCUT2D eigenvalue weighted by Gasteiger charge is -2.40. The lowest BCUT2D eigenvalue weighted by molar-refractivity contribution is -0.132. The summed E-state index contributed by atoms with van der Waals surface area (Å²) in [5, 5.41) is 3.18.